The summed E-state index contributed by atoms with van der Waals surface area (Å²) in [7, 11) is 0. The predicted molar refractivity (Wildman–Crippen MR) is 123 cm³/mol. The van der Waals surface area contributed by atoms with Crippen molar-refractivity contribution in [2.45, 2.75) is 33.9 Å². The molecule has 1 N–H and O–H groups in total. The normalized spacial score (nSPS) is 10.8. The molecule has 0 aliphatic heterocycles. The summed E-state index contributed by atoms with van der Waals surface area (Å²) >= 11 is 1.38. The lowest BCUT2D eigenvalue weighted by Crippen LogP contribution is -2.12. The van der Waals surface area contributed by atoms with Gasteiger partial charge in [-0.2, -0.15) is 0 Å². The van der Waals surface area contributed by atoms with Crippen molar-refractivity contribution in [2.24, 2.45) is 0 Å². The summed E-state index contributed by atoms with van der Waals surface area (Å²) in [5.74, 6) is 0.927. The number of aromatic nitrogens is 3. The van der Waals surface area contributed by atoms with E-state index in [9.17, 15) is 4.79 Å². The van der Waals surface area contributed by atoms with Crippen LogP contribution in [0.25, 0.3) is 0 Å². The molecule has 2 heterocycles. The van der Waals surface area contributed by atoms with Gasteiger partial charge in [0.05, 0.1) is 11.4 Å². The molecule has 6 nitrogen and oxygen atoms in total. The summed E-state index contributed by atoms with van der Waals surface area (Å²) in [5.41, 5.74) is 5.52. The largest absolute Gasteiger partial charge is 0.489 e. The van der Waals surface area contributed by atoms with Gasteiger partial charge in [-0.05, 0) is 55.0 Å². The number of thiophene rings is 1. The van der Waals surface area contributed by atoms with Crippen molar-refractivity contribution < 1.29 is 9.53 Å². The monoisotopic (exact) mass is 432 g/mol. The van der Waals surface area contributed by atoms with E-state index in [0.717, 1.165) is 28.0 Å². The van der Waals surface area contributed by atoms with E-state index < -0.39 is 0 Å². The Morgan fingerprint density at radius 2 is 1.90 bits per heavy atom. The molecular weight excluding hydrogens is 408 g/mol. The number of nitrogens with zero attached hydrogens (tertiary/aromatic N) is 3. The van der Waals surface area contributed by atoms with Crippen LogP contribution >= 0.6 is 11.3 Å². The standard InChI is InChI=1S/C24H24N4O2S/c1-16-5-4-6-19(9-16)12-28-15-25-24(27-28)26-23(29)22-11-20(14-31-22)13-30-21-10-17(2)7-8-18(21)3/h4-11,14-15H,12-13H2,1-3H3,(H,26,27,29). The minimum Gasteiger partial charge on any atom is -0.489 e. The van der Waals surface area contributed by atoms with Crippen molar-refractivity contribution in [1.82, 2.24) is 14.8 Å². The van der Waals surface area contributed by atoms with E-state index in [1.54, 1.807) is 11.0 Å². The second-order valence-electron chi connectivity index (χ2n) is 7.59. The Bertz CT molecular complexity index is 1210. The van der Waals surface area contributed by atoms with E-state index in [1.165, 1.54) is 16.9 Å². The van der Waals surface area contributed by atoms with E-state index in [-0.39, 0.29) is 5.91 Å². The van der Waals surface area contributed by atoms with Gasteiger partial charge in [-0.1, -0.05) is 42.0 Å². The fourth-order valence-electron chi connectivity index (χ4n) is 3.18. The number of carbonyl (C=O) groups is 1. The topological polar surface area (TPSA) is 69.0 Å². The summed E-state index contributed by atoms with van der Waals surface area (Å²) in [4.78, 5) is 17.4. The van der Waals surface area contributed by atoms with Crippen molar-refractivity contribution in [3.8, 4) is 5.75 Å². The van der Waals surface area contributed by atoms with Crippen LogP contribution < -0.4 is 10.1 Å². The zero-order valence-electron chi connectivity index (χ0n) is 17.8. The van der Waals surface area contributed by atoms with Crippen molar-refractivity contribution in [2.75, 3.05) is 5.32 Å². The highest BCUT2D eigenvalue weighted by Crippen LogP contribution is 2.22. The van der Waals surface area contributed by atoms with Crippen molar-refractivity contribution in [3.63, 3.8) is 0 Å². The first-order valence-electron chi connectivity index (χ1n) is 10.00. The maximum atomic E-state index is 12.6. The minimum atomic E-state index is -0.226. The highest BCUT2D eigenvalue weighted by molar-refractivity contribution is 7.12. The van der Waals surface area contributed by atoms with Gasteiger partial charge in [0.15, 0.2) is 0 Å². The molecule has 0 fully saturated rings. The fourth-order valence-corrected chi connectivity index (χ4v) is 3.97. The Morgan fingerprint density at radius 3 is 2.74 bits per heavy atom. The van der Waals surface area contributed by atoms with Crippen LogP contribution in [-0.2, 0) is 13.2 Å². The first-order chi connectivity index (χ1) is 15.0. The third-order valence-corrected chi connectivity index (χ3v) is 5.78. The molecule has 2 aromatic heterocycles. The van der Waals surface area contributed by atoms with Gasteiger partial charge in [0, 0.05) is 5.56 Å². The molecule has 0 aliphatic rings. The summed E-state index contributed by atoms with van der Waals surface area (Å²) in [6, 6.07) is 16.2. The number of benzene rings is 2. The average Bonchev–Trinajstić information content (AvgIpc) is 3.38. The van der Waals surface area contributed by atoms with Crippen LogP contribution in [0.1, 0.15) is 37.5 Å². The molecule has 1 amide bonds. The molecule has 4 rings (SSSR count). The SMILES string of the molecule is Cc1cccc(Cn2cnc(NC(=O)c3cc(COc4cc(C)ccc4C)cs3)n2)c1. The molecule has 7 heteroatoms. The first-order valence-corrected chi connectivity index (χ1v) is 10.9. The fraction of sp³-hybridized carbons (Fsp3) is 0.208. The molecular formula is C24H24N4O2S. The molecule has 0 bridgehead atoms. The van der Waals surface area contributed by atoms with Gasteiger partial charge >= 0.3 is 0 Å². The number of hydrogen-bond acceptors (Lipinski definition) is 5. The molecule has 31 heavy (non-hydrogen) atoms. The van der Waals surface area contributed by atoms with E-state index in [2.05, 4.69) is 40.5 Å². The summed E-state index contributed by atoms with van der Waals surface area (Å²) < 4.78 is 7.64. The second kappa shape index (κ2) is 9.14. The molecule has 158 valence electrons. The highest BCUT2D eigenvalue weighted by Gasteiger charge is 2.13. The Hall–Kier alpha value is -3.45. The zero-order chi connectivity index (χ0) is 21.8. The number of aryl methyl sites for hydroxylation is 3. The molecule has 0 saturated carbocycles. The lowest BCUT2D eigenvalue weighted by atomic mass is 10.1. The lowest BCUT2D eigenvalue weighted by Gasteiger charge is -2.08. The highest BCUT2D eigenvalue weighted by atomic mass is 32.1. The number of carbonyl (C=O) groups excluding carboxylic acids is 1. The third kappa shape index (κ3) is 5.38. The lowest BCUT2D eigenvalue weighted by molar-refractivity contribution is 0.102. The maximum Gasteiger partial charge on any atom is 0.268 e. The Kier molecular flexibility index (Phi) is 6.13. The van der Waals surface area contributed by atoms with Gasteiger partial charge in [-0.3, -0.25) is 10.1 Å². The van der Waals surface area contributed by atoms with Crippen molar-refractivity contribution in [1.29, 1.82) is 0 Å². The smallest absolute Gasteiger partial charge is 0.268 e. The zero-order valence-corrected chi connectivity index (χ0v) is 18.6. The molecule has 0 unspecified atom stereocenters. The van der Waals surface area contributed by atoms with Crippen molar-refractivity contribution in [3.05, 3.63) is 92.9 Å². The first kappa shape index (κ1) is 20.8. The summed E-state index contributed by atoms with van der Waals surface area (Å²) in [6.45, 7) is 7.13. The van der Waals surface area contributed by atoms with Gasteiger partial charge in [0.25, 0.3) is 5.91 Å². The number of rotatable bonds is 7. The Balaban J connectivity index is 1.35. The van der Waals surface area contributed by atoms with E-state index in [4.69, 9.17) is 4.74 Å². The van der Waals surface area contributed by atoms with E-state index in [1.807, 2.05) is 49.6 Å². The minimum absolute atomic E-state index is 0.226. The van der Waals surface area contributed by atoms with Gasteiger partial charge < -0.3 is 4.74 Å². The number of ether oxygens (including phenoxy) is 1. The second-order valence-corrected chi connectivity index (χ2v) is 8.50. The number of hydrogen-bond donors (Lipinski definition) is 1. The van der Waals surface area contributed by atoms with Gasteiger partial charge in [0.1, 0.15) is 18.7 Å². The summed E-state index contributed by atoms with van der Waals surface area (Å²) in [5, 5.41) is 9.06. The average molecular weight is 433 g/mol. The van der Waals surface area contributed by atoms with Gasteiger partial charge in [0.2, 0.25) is 5.95 Å². The Morgan fingerprint density at radius 1 is 1.06 bits per heavy atom. The van der Waals surface area contributed by atoms with E-state index in [0.29, 0.717) is 24.0 Å². The van der Waals surface area contributed by atoms with E-state index >= 15 is 0 Å². The molecule has 0 atom stereocenters. The Labute approximate surface area is 185 Å². The molecule has 0 aliphatic carbocycles. The van der Waals surface area contributed by atoms with Crippen LogP contribution in [0.3, 0.4) is 0 Å². The summed E-state index contributed by atoms with van der Waals surface area (Å²) in [6.07, 6.45) is 1.62. The van der Waals surface area contributed by atoms with Crippen LogP contribution in [0.5, 0.6) is 5.75 Å². The molecule has 2 aromatic carbocycles. The van der Waals surface area contributed by atoms with Crippen LogP contribution in [0.4, 0.5) is 5.95 Å². The van der Waals surface area contributed by atoms with Crippen LogP contribution in [0, 0.1) is 20.8 Å². The third-order valence-electron chi connectivity index (χ3n) is 4.80. The van der Waals surface area contributed by atoms with Gasteiger partial charge in [-0.25, -0.2) is 9.67 Å². The molecule has 4 aromatic rings. The van der Waals surface area contributed by atoms with Crippen molar-refractivity contribution >= 4 is 23.2 Å². The van der Waals surface area contributed by atoms with Gasteiger partial charge in [-0.15, -0.1) is 16.4 Å². The molecule has 0 radical (unpaired) electrons. The quantitative estimate of drug-likeness (QED) is 0.439. The van der Waals surface area contributed by atoms with Crippen LogP contribution in [-0.4, -0.2) is 20.7 Å². The predicted octanol–water partition coefficient (Wildman–Crippen LogP) is 5.14. The number of amides is 1. The molecule has 0 saturated heterocycles. The van der Waals surface area contributed by atoms with Crippen LogP contribution in [0.2, 0.25) is 0 Å². The maximum absolute atomic E-state index is 12.6. The number of anilines is 1. The molecule has 0 spiro atoms. The van der Waals surface area contributed by atoms with Crippen LogP contribution in [0.15, 0.2) is 60.2 Å². The number of nitrogens with one attached hydrogen (secondary N) is 1.